The fraction of sp³-hybridized carbons (Fsp3) is 0.706. The van der Waals surface area contributed by atoms with E-state index in [4.69, 9.17) is 14.1 Å². The Morgan fingerprint density at radius 1 is 1.23 bits per heavy atom. The van der Waals surface area contributed by atoms with Gasteiger partial charge in [-0.15, -0.1) is 0 Å². The highest BCUT2D eigenvalue weighted by atomic mass is 16.5. The summed E-state index contributed by atoms with van der Waals surface area (Å²) in [6.07, 6.45) is 10.3. The van der Waals surface area contributed by atoms with Gasteiger partial charge in [0.05, 0.1) is 18.9 Å². The molecule has 2 fully saturated rings. The lowest BCUT2D eigenvalue weighted by Gasteiger charge is -2.18. The number of furan rings is 1. The van der Waals surface area contributed by atoms with Gasteiger partial charge in [0, 0.05) is 25.6 Å². The Balaban J connectivity index is 1.48. The third-order valence-electron chi connectivity index (χ3n) is 4.42. The molecule has 22 heavy (non-hydrogen) atoms. The van der Waals surface area contributed by atoms with Gasteiger partial charge >= 0.3 is 0 Å². The van der Waals surface area contributed by atoms with Gasteiger partial charge < -0.3 is 19.8 Å². The minimum absolute atomic E-state index is 0.298. The molecule has 1 saturated heterocycles. The molecular formula is C17H27N3O2. The molecule has 0 amide bonds. The number of hydrogen-bond acceptors (Lipinski definition) is 3. The summed E-state index contributed by atoms with van der Waals surface area (Å²) in [5.41, 5.74) is 0. The number of nitrogens with one attached hydrogen (secondary N) is 2. The molecule has 1 aliphatic carbocycles. The number of rotatable bonds is 6. The van der Waals surface area contributed by atoms with Gasteiger partial charge in [-0.1, -0.05) is 12.8 Å². The van der Waals surface area contributed by atoms with E-state index in [-0.39, 0.29) is 0 Å². The van der Waals surface area contributed by atoms with Crippen LogP contribution in [-0.2, 0) is 11.2 Å². The van der Waals surface area contributed by atoms with Crippen molar-refractivity contribution in [1.82, 2.24) is 10.6 Å². The smallest absolute Gasteiger partial charge is 0.191 e. The topological polar surface area (TPSA) is 58.8 Å². The Morgan fingerprint density at radius 2 is 2.14 bits per heavy atom. The van der Waals surface area contributed by atoms with Crippen LogP contribution in [0.1, 0.15) is 44.3 Å². The van der Waals surface area contributed by atoms with Crippen molar-refractivity contribution in [3.05, 3.63) is 24.2 Å². The summed E-state index contributed by atoms with van der Waals surface area (Å²) in [7, 11) is 0. The van der Waals surface area contributed by atoms with Crippen molar-refractivity contribution in [3.8, 4) is 0 Å². The SMILES string of the molecule is c1coc(CCNC(=NCC2CCCO2)NC2CCCC2)c1. The second kappa shape index (κ2) is 8.22. The second-order valence-electron chi connectivity index (χ2n) is 6.21. The lowest BCUT2D eigenvalue weighted by molar-refractivity contribution is 0.117. The van der Waals surface area contributed by atoms with Gasteiger partial charge in [0.15, 0.2) is 5.96 Å². The first-order valence-corrected chi connectivity index (χ1v) is 8.59. The average molecular weight is 305 g/mol. The van der Waals surface area contributed by atoms with Crippen LogP contribution in [0, 0.1) is 0 Å². The summed E-state index contributed by atoms with van der Waals surface area (Å²) in [4.78, 5) is 4.73. The van der Waals surface area contributed by atoms with Gasteiger partial charge in [-0.25, -0.2) is 0 Å². The maximum Gasteiger partial charge on any atom is 0.191 e. The van der Waals surface area contributed by atoms with Gasteiger partial charge in [-0.2, -0.15) is 0 Å². The number of nitrogens with zero attached hydrogens (tertiary/aromatic N) is 1. The van der Waals surface area contributed by atoms with E-state index in [1.165, 1.54) is 25.7 Å². The summed E-state index contributed by atoms with van der Waals surface area (Å²) >= 11 is 0. The minimum atomic E-state index is 0.298. The highest BCUT2D eigenvalue weighted by molar-refractivity contribution is 5.80. The molecule has 1 aromatic rings. The zero-order chi connectivity index (χ0) is 15.0. The van der Waals surface area contributed by atoms with Crippen LogP contribution in [0.15, 0.2) is 27.8 Å². The molecule has 1 unspecified atom stereocenters. The van der Waals surface area contributed by atoms with Crippen molar-refractivity contribution in [2.75, 3.05) is 19.7 Å². The summed E-state index contributed by atoms with van der Waals surface area (Å²) in [6, 6.07) is 4.51. The molecule has 3 rings (SSSR count). The second-order valence-corrected chi connectivity index (χ2v) is 6.21. The van der Waals surface area contributed by atoms with E-state index in [0.29, 0.717) is 12.1 Å². The van der Waals surface area contributed by atoms with E-state index in [0.717, 1.165) is 50.7 Å². The van der Waals surface area contributed by atoms with Gasteiger partial charge in [0.1, 0.15) is 5.76 Å². The van der Waals surface area contributed by atoms with Gasteiger partial charge in [0.25, 0.3) is 0 Å². The quantitative estimate of drug-likeness (QED) is 0.626. The molecule has 2 heterocycles. The summed E-state index contributed by atoms with van der Waals surface area (Å²) in [6.45, 7) is 2.47. The zero-order valence-corrected chi connectivity index (χ0v) is 13.2. The Bertz CT molecular complexity index is 446. The molecule has 0 spiro atoms. The summed E-state index contributed by atoms with van der Waals surface area (Å²) < 4.78 is 11.0. The first-order chi connectivity index (χ1) is 10.9. The van der Waals surface area contributed by atoms with Crippen LogP contribution in [-0.4, -0.2) is 37.8 Å². The number of ether oxygens (including phenoxy) is 1. The Morgan fingerprint density at radius 3 is 2.86 bits per heavy atom. The molecule has 2 N–H and O–H groups in total. The lowest BCUT2D eigenvalue weighted by Crippen LogP contribution is -2.43. The molecule has 5 nitrogen and oxygen atoms in total. The van der Waals surface area contributed by atoms with Crippen LogP contribution in [0.5, 0.6) is 0 Å². The van der Waals surface area contributed by atoms with Crippen molar-refractivity contribution in [3.63, 3.8) is 0 Å². The fourth-order valence-corrected chi connectivity index (χ4v) is 3.16. The van der Waals surface area contributed by atoms with Crippen molar-refractivity contribution in [2.24, 2.45) is 4.99 Å². The Kier molecular flexibility index (Phi) is 5.76. The predicted molar refractivity (Wildman–Crippen MR) is 87.1 cm³/mol. The minimum Gasteiger partial charge on any atom is -0.469 e. The molecule has 122 valence electrons. The molecule has 2 aliphatic rings. The van der Waals surface area contributed by atoms with Crippen LogP contribution in [0.3, 0.4) is 0 Å². The van der Waals surface area contributed by atoms with E-state index in [1.807, 2.05) is 12.1 Å². The van der Waals surface area contributed by atoms with Gasteiger partial charge in [-0.3, -0.25) is 4.99 Å². The predicted octanol–water partition coefficient (Wildman–Crippen LogP) is 2.48. The standard InChI is InChI=1S/C17H27N3O2/c1-2-6-14(5-1)20-17(19-13-16-8-4-12-22-16)18-10-9-15-7-3-11-21-15/h3,7,11,14,16H,1-2,4-6,8-10,12-13H2,(H2,18,19,20). The van der Waals surface area contributed by atoms with Crippen LogP contribution in [0.25, 0.3) is 0 Å². The van der Waals surface area contributed by atoms with Crippen molar-refractivity contribution >= 4 is 5.96 Å². The highest BCUT2D eigenvalue weighted by Crippen LogP contribution is 2.17. The van der Waals surface area contributed by atoms with Gasteiger partial charge in [-0.05, 0) is 37.8 Å². The molecule has 0 radical (unpaired) electrons. The van der Waals surface area contributed by atoms with E-state index < -0.39 is 0 Å². The molecular weight excluding hydrogens is 278 g/mol. The van der Waals surface area contributed by atoms with Crippen LogP contribution in [0.4, 0.5) is 0 Å². The Hall–Kier alpha value is -1.49. The van der Waals surface area contributed by atoms with E-state index in [1.54, 1.807) is 6.26 Å². The fourth-order valence-electron chi connectivity index (χ4n) is 3.16. The number of aliphatic imine (C=N–C) groups is 1. The summed E-state index contributed by atoms with van der Waals surface area (Å²) in [5, 5.41) is 7.00. The third-order valence-corrected chi connectivity index (χ3v) is 4.42. The van der Waals surface area contributed by atoms with Crippen LogP contribution < -0.4 is 10.6 Å². The number of hydrogen-bond donors (Lipinski definition) is 2. The highest BCUT2D eigenvalue weighted by Gasteiger charge is 2.18. The largest absolute Gasteiger partial charge is 0.469 e. The zero-order valence-electron chi connectivity index (χ0n) is 13.2. The van der Waals surface area contributed by atoms with Crippen molar-refractivity contribution in [2.45, 2.75) is 57.1 Å². The van der Waals surface area contributed by atoms with Crippen molar-refractivity contribution < 1.29 is 9.15 Å². The monoisotopic (exact) mass is 305 g/mol. The molecule has 5 heteroatoms. The molecule has 0 bridgehead atoms. The Labute approximate surface area is 132 Å². The third kappa shape index (κ3) is 4.77. The molecule has 1 aromatic heterocycles. The molecule has 1 atom stereocenters. The van der Waals surface area contributed by atoms with Crippen molar-refractivity contribution in [1.29, 1.82) is 0 Å². The molecule has 1 aliphatic heterocycles. The maximum absolute atomic E-state index is 5.66. The maximum atomic E-state index is 5.66. The lowest BCUT2D eigenvalue weighted by atomic mass is 10.2. The summed E-state index contributed by atoms with van der Waals surface area (Å²) in [5.74, 6) is 1.93. The normalized spacial score (nSPS) is 23.1. The average Bonchev–Trinajstić information content (AvgIpc) is 3.28. The first-order valence-electron chi connectivity index (χ1n) is 8.59. The van der Waals surface area contributed by atoms with Gasteiger partial charge in [0.2, 0.25) is 0 Å². The molecule has 0 aromatic carbocycles. The van der Waals surface area contributed by atoms with Crippen LogP contribution >= 0.6 is 0 Å². The van der Waals surface area contributed by atoms with E-state index >= 15 is 0 Å². The molecule has 1 saturated carbocycles. The first kappa shape index (κ1) is 15.4. The van der Waals surface area contributed by atoms with E-state index in [9.17, 15) is 0 Å². The van der Waals surface area contributed by atoms with E-state index in [2.05, 4.69) is 10.6 Å². The number of guanidine groups is 1. The van der Waals surface area contributed by atoms with Crippen LogP contribution in [0.2, 0.25) is 0 Å².